The number of sulfonamides is 1. The van der Waals surface area contributed by atoms with Crippen molar-refractivity contribution in [1.29, 1.82) is 0 Å². The van der Waals surface area contributed by atoms with Crippen LogP contribution in [0.2, 0.25) is 10.0 Å². The van der Waals surface area contributed by atoms with Crippen LogP contribution >= 0.6 is 23.2 Å². The van der Waals surface area contributed by atoms with Gasteiger partial charge in [-0.3, -0.25) is 4.31 Å². The summed E-state index contributed by atoms with van der Waals surface area (Å²) < 4.78 is 28.2. The number of likely N-dealkylation sites (N-methyl/N-ethyl adjacent to an activating group) is 1. The summed E-state index contributed by atoms with van der Waals surface area (Å²) in [6.07, 6.45) is 1.63. The molecule has 0 unspecified atom stereocenters. The number of hydrogen-bond donors (Lipinski definition) is 3. The zero-order chi connectivity index (χ0) is 23.0. The lowest BCUT2D eigenvalue weighted by Gasteiger charge is -2.26. The average Bonchev–Trinajstić information content (AvgIpc) is 2.79. The Kier molecular flexibility index (Phi) is 8.58. The highest BCUT2D eigenvalue weighted by atomic mass is 35.5. The van der Waals surface area contributed by atoms with E-state index in [9.17, 15) is 8.42 Å². The first-order chi connectivity index (χ1) is 15.4. The van der Waals surface area contributed by atoms with Gasteiger partial charge < -0.3 is 16.0 Å². The number of benzene rings is 2. The van der Waals surface area contributed by atoms with Crippen LogP contribution in [-0.2, 0) is 10.0 Å². The SMILES string of the molecule is CNCCN(c1cccnc1NCCNc1ccc(Cl)cc1)S(=O)(=O)c1ccc(Cl)cc1. The van der Waals surface area contributed by atoms with Crippen LogP contribution in [0.15, 0.2) is 71.8 Å². The number of hydrogen-bond acceptors (Lipinski definition) is 6. The second-order valence-corrected chi connectivity index (χ2v) is 9.60. The molecule has 0 saturated heterocycles. The van der Waals surface area contributed by atoms with Gasteiger partial charge in [0, 0.05) is 48.1 Å². The molecular weight excluding hydrogens is 469 g/mol. The van der Waals surface area contributed by atoms with Crippen LogP contribution in [0.1, 0.15) is 0 Å². The van der Waals surface area contributed by atoms with Crippen molar-refractivity contribution in [2.75, 3.05) is 48.2 Å². The standard InChI is InChI=1S/C22H25Cl2N5O2S/c1-25-15-16-29(32(30,31)20-10-6-18(24)7-11-20)21-3-2-12-27-22(21)28-14-13-26-19-8-4-17(23)5-9-19/h2-12,25-26H,13-16H2,1H3,(H,27,28). The predicted octanol–water partition coefficient (Wildman–Crippen LogP) is 4.33. The Bertz CT molecular complexity index is 1110. The third-order valence-electron chi connectivity index (χ3n) is 4.61. The van der Waals surface area contributed by atoms with E-state index in [-0.39, 0.29) is 11.4 Å². The normalized spacial score (nSPS) is 11.2. The highest BCUT2D eigenvalue weighted by Crippen LogP contribution is 2.29. The Morgan fingerprint density at radius 1 is 0.875 bits per heavy atom. The zero-order valence-electron chi connectivity index (χ0n) is 17.6. The fourth-order valence-electron chi connectivity index (χ4n) is 3.01. The highest BCUT2D eigenvalue weighted by Gasteiger charge is 2.27. The number of rotatable bonds is 11. The largest absolute Gasteiger partial charge is 0.383 e. The molecule has 0 aliphatic carbocycles. The lowest BCUT2D eigenvalue weighted by Crippen LogP contribution is -2.37. The molecule has 0 aliphatic heterocycles. The van der Waals surface area contributed by atoms with Gasteiger partial charge in [0.1, 0.15) is 0 Å². The van der Waals surface area contributed by atoms with E-state index in [1.54, 1.807) is 37.5 Å². The zero-order valence-corrected chi connectivity index (χ0v) is 19.9. The van der Waals surface area contributed by atoms with Crippen molar-refractivity contribution in [3.63, 3.8) is 0 Å². The molecule has 2 aromatic carbocycles. The topological polar surface area (TPSA) is 86.4 Å². The summed E-state index contributed by atoms with van der Waals surface area (Å²) in [4.78, 5) is 4.55. The third-order valence-corrected chi connectivity index (χ3v) is 6.94. The molecule has 32 heavy (non-hydrogen) atoms. The van der Waals surface area contributed by atoms with Crippen LogP contribution in [0.3, 0.4) is 0 Å². The van der Waals surface area contributed by atoms with Gasteiger partial charge in [-0.2, -0.15) is 0 Å². The van der Waals surface area contributed by atoms with E-state index < -0.39 is 10.0 Å². The summed E-state index contributed by atoms with van der Waals surface area (Å²) >= 11 is 11.9. The second kappa shape index (κ2) is 11.4. The minimum Gasteiger partial charge on any atom is -0.383 e. The minimum absolute atomic E-state index is 0.164. The number of pyridine rings is 1. The van der Waals surface area contributed by atoms with E-state index in [0.29, 0.717) is 41.2 Å². The lowest BCUT2D eigenvalue weighted by atomic mass is 10.3. The second-order valence-electron chi connectivity index (χ2n) is 6.87. The van der Waals surface area contributed by atoms with E-state index in [1.165, 1.54) is 16.4 Å². The first-order valence-electron chi connectivity index (χ1n) is 10.0. The maximum Gasteiger partial charge on any atom is 0.264 e. The number of aromatic nitrogens is 1. The molecule has 1 aromatic heterocycles. The number of nitrogens with one attached hydrogen (secondary N) is 3. The van der Waals surface area contributed by atoms with Gasteiger partial charge in [-0.25, -0.2) is 13.4 Å². The summed E-state index contributed by atoms with van der Waals surface area (Å²) in [5.41, 5.74) is 1.42. The molecule has 3 N–H and O–H groups in total. The number of halogens is 2. The molecule has 0 spiro atoms. The molecule has 170 valence electrons. The minimum atomic E-state index is -3.82. The monoisotopic (exact) mass is 493 g/mol. The third kappa shape index (κ3) is 6.26. The van der Waals surface area contributed by atoms with E-state index in [2.05, 4.69) is 20.9 Å². The first kappa shape index (κ1) is 24.1. The predicted molar refractivity (Wildman–Crippen MR) is 133 cm³/mol. The molecule has 0 atom stereocenters. The maximum atomic E-state index is 13.4. The summed E-state index contributed by atoms with van der Waals surface area (Å²) in [5.74, 6) is 0.485. The quantitative estimate of drug-likeness (QED) is 0.344. The Balaban J connectivity index is 1.78. The van der Waals surface area contributed by atoms with Crippen LogP contribution in [0.5, 0.6) is 0 Å². The average molecular weight is 494 g/mol. The van der Waals surface area contributed by atoms with Crippen molar-refractivity contribution in [1.82, 2.24) is 10.3 Å². The van der Waals surface area contributed by atoms with Gasteiger partial charge in [-0.05, 0) is 67.7 Å². The summed E-state index contributed by atoms with van der Waals surface area (Å²) in [5, 5.41) is 10.7. The molecule has 1 heterocycles. The van der Waals surface area contributed by atoms with E-state index in [4.69, 9.17) is 23.2 Å². The Morgan fingerprint density at radius 2 is 1.50 bits per heavy atom. The molecule has 0 radical (unpaired) electrons. The van der Waals surface area contributed by atoms with E-state index in [1.807, 2.05) is 24.3 Å². The fraction of sp³-hybridized carbons (Fsp3) is 0.227. The fourth-order valence-corrected chi connectivity index (χ4v) is 4.73. The molecular formula is C22H25Cl2N5O2S. The molecule has 0 aliphatic rings. The number of anilines is 3. The Hall–Kier alpha value is -2.52. The Morgan fingerprint density at radius 3 is 2.16 bits per heavy atom. The van der Waals surface area contributed by atoms with Crippen LogP contribution < -0.4 is 20.3 Å². The molecule has 0 saturated carbocycles. The summed E-state index contributed by atoms with van der Waals surface area (Å²) in [7, 11) is -2.04. The summed E-state index contributed by atoms with van der Waals surface area (Å²) in [6, 6.07) is 17.0. The molecule has 0 amide bonds. The molecule has 3 rings (SSSR count). The molecule has 0 bridgehead atoms. The lowest BCUT2D eigenvalue weighted by molar-refractivity contribution is 0.589. The van der Waals surface area contributed by atoms with Crippen LogP contribution in [0, 0.1) is 0 Å². The first-order valence-corrected chi connectivity index (χ1v) is 12.2. The van der Waals surface area contributed by atoms with Crippen molar-refractivity contribution in [2.24, 2.45) is 0 Å². The highest BCUT2D eigenvalue weighted by molar-refractivity contribution is 7.92. The van der Waals surface area contributed by atoms with E-state index >= 15 is 0 Å². The summed E-state index contributed by atoms with van der Waals surface area (Å²) in [6.45, 7) is 1.86. The number of nitrogens with zero attached hydrogens (tertiary/aromatic N) is 2. The van der Waals surface area contributed by atoms with Crippen molar-refractivity contribution >= 4 is 50.4 Å². The van der Waals surface area contributed by atoms with E-state index in [0.717, 1.165) is 5.69 Å². The Labute approximate surface area is 198 Å². The van der Waals surface area contributed by atoms with Gasteiger partial charge >= 0.3 is 0 Å². The molecule has 0 fully saturated rings. The van der Waals surface area contributed by atoms with Gasteiger partial charge in [-0.1, -0.05) is 23.2 Å². The van der Waals surface area contributed by atoms with Crippen LogP contribution in [-0.4, -0.2) is 46.6 Å². The van der Waals surface area contributed by atoms with Crippen molar-refractivity contribution in [2.45, 2.75) is 4.90 Å². The maximum absolute atomic E-state index is 13.4. The van der Waals surface area contributed by atoms with Gasteiger partial charge in [0.15, 0.2) is 5.82 Å². The van der Waals surface area contributed by atoms with Crippen LogP contribution in [0.4, 0.5) is 17.2 Å². The molecule has 3 aromatic rings. The van der Waals surface area contributed by atoms with Gasteiger partial charge in [0.25, 0.3) is 10.0 Å². The molecule has 10 heteroatoms. The van der Waals surface area contributed by atoms with Crippen molar-refractivity contribution in [3.05, 3.63) is 76.9 Å². The van der Waals surface area contributed by atoms with Crippen LogP contribution in [0.25, 0.3) is 0 Å². The smallest absolute Gasteiger partial charge is 0.264 e. The van der Waals surface area contributed by atoms with Gasteiger partial charge in [-0.15, -0.1) is 0 Å². The van der Waals surface area contributed by atoms with Gasteiger partial charge in [0.2, 0.25) is 0 Å². The molecule has 7 nitrogen and oxygen atoms in total. The van der Waals surface area contributed by atoms with Crippen molar-refractivity contribution < 1.29 is 8.42 Å². The van der Waals surface area contributed by atoms with Crippen molar-refractivity contribution in [3.8, 4) is 0 Å². The van der Waals surface area contributed by atoms with Gasteiger partial charge in [0.05, 0.1) is 10.6 Å².